The summed E-state index contributed by atoms with van der Waals surface area (Å²) in [5.41, 5.74) is 4.64. The van der Waals surface area contributed by atoms with Crippen LogP contribution in [0.2, 0.25) is 0 Å². The number of hydrogen-bond acceptors (Lipinski definition) is 2. The summed E-state index contributed by atoms with van der Waals surface area (Å²) in [7, 11) is 0. The maximum Gasteiger partial charge on any atom is 0.416 e. The molecule has 0 aliphatic heterocycles. The number of pyridine rings is 1. The van der Waals surface area contributed by atoms with E-state index in [0.717, 1.165) is 12.3 Å². The number of anilines is 1. The topological polar surface area (TPSA) is 38.9 Å². The van der Waals surface area contributed by atoms with Gasteiger partial charge < -0.3 is 5.73 Å². The molecule has 0 atom stereocenters. The van der Waals surface area contributed by atoms with Gasteiger partial charge in [-0.3, -0.25) is 0 Å². The van der Waals surface area contributed by atoms with E-state index in [0.29, 0.717) is 6.42 Å². The Morgan fingerprint density at radius 2 is 2.08 bits per heavy atom. The largest absolute Gasteiger partial charge is 0.416 e. The molecule has 1 heterocycles. The molecule has 2 N–H and O–H groups in total. The summed E-state index contributed by atoms with van der Waals surface area (Å²) >= 11 is 0. The Hall–Kier alpha value is -1.26. The second-order valence-electron chi connectivity index (χ2n) is 2.62. The highest BCUT2D eigenvalue weighted by molar-refractivity contribution is 5.38. The number of nitrogens with zero attached hydrogens (tertiary/aromatic N) is 1. The fourth-order valence-electron chi connectivity index (χ4n) is 1.05. The highest BCUT2D eigenvalue weighted by atomic mass is 19.4. The minimum Gasteiger partial charge on any atom is -0.384 e. The molecule has 2 nitrogen and oxygen atoms in total. The first-order chi connectivity index (χ1) is 5.95. The van der Waals surface area contributed by atoms with Crippen molar-refractivity contribution < 1.29 is 13.2 Å². The van der Waals surface area contributed by atoms with Crippen molar-refractivity contribution in [2.45, 2.75) is 19.5 Å². The van der Waals surface area contributed by atoms with Gasteiger partial charge in [-0.05, 0) is 18.1 Å². The minimum absolute atomic E-state index is 0.107. The number of hydrogen-bond donors (Lipinski definition) is 1. The van der Waals surface area contributed by atoms with Crippen molar-refractivity contribution in [1.29, 1.82) is 0 Å². The highest BCUT2D eigenvalue weighted by Gasteiger charge is 2.33. The molecule has 0 unspecified atom stereocenters. The summed E-state index contributed by atoms with van der Waals surface area (Å²) in [5, 5.41) is 0. The zero-order valence-electron chi connectivity index (χ0n) is 7.02. The molecule has 1 aromatic rings. The summed E-state index contributed by atoms with van der Waals surface area (Å²) in [6.45, 7) is 1.64. The SMILES string of the molecule is CCc1cnc(N)cc1C(F)(F)F. The molecule has 0 saturated heterocycles. The molecule has 0 aliphatic carbocycles. The van der Waals surface area contributed by atoms with E-state index >= 15 is 0 Å². The van der Waals surface area contributed by atoms with Crippen LogP contribution in [0.4, 0.5) is 19.0 Å². The number of rotatable bonds is 1. The van der Waals surface area contributed by atoms with Crippen molar-refractivity contribution in [3.05, 3.63) is 23.4 Å². The maximum absolute atomic E-state index is 12.3. The molecule has 0 radical (unpaired) electrons. The zero-order valence-corrected chi connectivity index (χ0v) is 7.02. The molecule has 0 spiro atoms. The average molecular weight is 190 g/mol. The van der Waals surface area contributed by atoms with Crippen LogP contribution in [0.5, 0.6) is 0 Å². The standard InChI is InChI=1S/C8H9F3N2/c1-2-5-4-13-7(12)3-6(5)8(9,10)11/h3-4H,2H2,1H3,(H2,12,13). The van der Waals surface area contributed by atoms with Crippen LogP contribution in [0.1, 0.15) is 18.1 Å². The van der Waals surface area contributed by atoms with Gasteiger partial charge in [0.05, 0.1) is 5.56 Å². The maximum atomic E-state index is 12.3. The molecule has 0 amide bonds. The number of nitrogen functional groups attached to an aromatic ring is 1. The predicted molar refractivity (Wildman–Crippen MR) is 43.0 cm³/mol. The molecular formula is C8H9F3N2. The van der Waals surface area contributed by atoms with E-state index in [4.69, 9.17) is 5.73 Å². The summed E-state index contributed by atoms with van der Waals surface area (Å²) in [6, 6.07) is 0.860. The average Bonchev–Trinajstić information content (AvgIpc) is 2.03. The van der Waals surface area contributed by atoms with Gasteiger partial charge in [-0.25, -0.2) is 4.98 Å². The van der Waals surface area contributed by atoms with Gasteiger partial charge in [0.15, 0.2) is 0 Å². The first kappa shape index (κ1) is 9.83. The number of aryl methyl sites for hydroxylation is 1. The van der Waals surface area contributed by atoms with Crippen molar-refractivity contribution in [3.8, 4) is 0 Å². The van der Waals surface area contributed by atoms with Crippen molar-refractivity contribution in [2.75, 3.05) is 5.73 Å². The van der Waals surface area contributed by atoms with Gasteiger partial charge in [0.2, 0.25) is 0 Å². The molecule has 1 rings (SSSR count). The van der Waals surface area contributed by atoms with Crippen LogP contribution < -0.4 is 5.73 Å². The Balaban J connectivity index is 3.24. The third-order valence-corrected chi connectivity index (χ3v) is 1.69. The Morgan fingerprint density at radius 3 is 2.54 bits per heavy atom. The van der Waals surface area contributed by atoms with E-state index in [1.807, 2.05) is 0 Å². The van der Waals surface area contributed by atoms with Crippen molar-refractivity contribution in [3.63, 3.8) is 0 Å². The van der Waals surface area contributed by atoms with Crippen molar-refractivity contribution >= 4 is 5.82 Å². The molecular weight excluding hydrogens is 181 g/mol. The van der Waals surface area contributed by atoms with Crippen LogP contribution >= 0.6 is 0 Å². The lowest BCUT2D eigenvalue weighted by Gasteiger charge is -2.11. The van der Waals surface area contributed by atoms with Crippen LogP contribution in [0, 0.1) is 0 Å². The number of aromatic nitrogens is 1. The predicted octanol–water partition coefficient (Wildman–Crippen LogP) is 2.25. The van der Waals surface area contributed by atoms with Gasteiger partial charge in [0, 0.05) is 6.20 Å². The van der Waals surface area contributed by atoms with Gasteiger partial charge in [-0.15, -0.1) is 0 Å². The van der Waals surface area contributed by atoms with Crippen LogP contribution in [-0.2, 0) is 12.6 Å². The Labute approximate surface area is 73.6 Å². The molecule has 13 heavy (non-hydrogen) atoms. The summed E-state index contributed by atoms with van der Waals surface area (Å²) < 4.78 is 37.0. The smallest absolute Gasteiger partial charge is 0.384 e. The number of halogens is 3. The third kappa shape index (κ3) is 2.11. The second-order valence-corrected chi connectivity index (χ2v) is 2.62. The molecule has 0 bridgehead atoms. The lowest BCUT2D eigenvalue weighted by molar-refractivity contribution is -0.138. The molecule has 5 heteroatoms. The van der Waals surface area contributed by atoms with E-state index in [2.05, 4.69) is 4.98 Å². The Morgan fingerprint density at radius 1 is 1.46 bits per heavy atom. The monoisotopic (exact) mass is 190 g/mol. The second kappa shape index (κ2) is 3.24. The first-order valence-corrected chi connectivity index (χ1v) is 3.76. The molecule has 0 fully saturated rings. The first-order valence-electron chi connectivity index (χ1n) is 3.76. The quantitative estimate of drug-likeness (QED) is 0.737. The van der Waals surface area contributed by atoms with E-state index in [1.54, 1.807) is 6.92 Å². The van der Waals surface area contributed by atoms with Crippen molar-refractivity contribution in [1.82, 2.24) is 4.98 Å². The highest BCUT2D eigenvalue weighted by Crippen LogP contribution is 2.32. The van der Waals surface area contributed by atoms with Gasteiger partial charge in [-0.1, -0.05) is 6.92 Å². The van der Waals surface area contributed by atoms with Gasteiger partial charge >= 0.3 is 6.18 Å². The molecule has 0 aliphatic rings. The van der Waals surface area contributed by atoms with Gasteiger partial charge in [0.25, 0.3) is 0 Å². The molecule has 72 valence electrons. The normalized spacial score (nSPS) is 11.7. The van der Waals surface area contributed by atoms with E-state index in [-0.39, 0.29) is 11.4 Å². The van der Waals surface area contributed by atoms with Gasteiger partial charge in [0.1, 0.15) is 5.82 Å². The fourth-order valence-corrected chi connectivity index (χ4v) is 1.05. The Kier molecular flexibility index (Phi) is 2.45. The Bertz CT molecular complexity index is 307. The van der Waals surface area contributed by atoms with Crippen LogP contribution in [0.25, 0.3) is 0 Å². The molecule has 0 aromatic carbocycles. The zero-order chi connectivity index (χ0) is 10.1. The summed E-state index contributed by atoms with van der Waals surface area (Å²) in [4.78, 5) is 3.60. The van der Waals surface area contributed by atoms with E-state index < -0.39 is 11.7 Å². The summed E-state index contributed by atoms with van der Waals surface area (Å²) in [5.74, 6) is -0.107. The molecule has 1 aromatic heterocycles. The summed E-state index contributed by atoms with van der Waals surface area (Å²) in [6.07, 6.45) is -2.89. The van der Waals surface area contributed by atoms with Crippen LogP contribution in [-0.4, -0.2) is 4.98 Å². The van der Waals surface area contributed by atoms with Crippen LogP contribution in [0.15, 0.2) is 12.3 Å². The number of alkyl halides is 3. The number of nitrogens with two attached hydrogens (primary N) is 1. The minimum atomic E-state index is -4.34. The van der Waals surface area contributed by atoms with E-state index in [1.165, 1.54) is 0 Å². The fraction of sp³-hybridized carbons (Fsp3) is 0.375. The lowest BCUT2D eigenvalue weighted by Crippen LogP contribution is -2.10. The van der Waals surface area contributed by atoms with Crippen LogP contribution in [0.3, 0.4) is 0 Å². The van der Waals surface area contributed by atoms with Gasteiger partial charge in [-0.2, -0.15) is 13.2 Å². The van der Waals surface area contributed by atoms with E-state index in [9.17, 15) is 13.2 Å². The van der Waals surface area contributed by atoms with Crippen molar-refractivity contribution in [2.24, 2.45) is 0 Å². The lowest BCUT2D eigenvalue weighted by atomic mass is 10.1. The third-order valence-electron chi connectivity index (χ3n) is 1.69. The molecule has 0 saturated carbocycles.